The number of halogens is 1. The van der Waals surface area contributed by atoms with Crippen LogP contribution in [-0.2, 0) is 16.6 Å². The van der Waals surface area contributed by atoms with Crippen LogP contribution >= 0.6 is 0 Å². The Morgan fingerprint density at radius 1 is 1.24 bits per heavy atom. The average molecular weight is 305 g/mol. The van der Waals surface area contributed by atoms with E-state index in [2.05, 4.69) is 5.32 Å². The van der Waals surface area contributed by atoms with Crippen LogP contribution in [0.5, 0.6) is 0 Å². The number of nitrogens with two attached hydrogens (primary N) is 1. The van der Waals surface area contributed by atoms with Gasteiger partial charge in [0.05, 0.1) is 10.6 Å². The Kier molecular flexibility index (Phi) is 4.21. The molecule has 0 unspecified atom stereocenters. The molecule has 3 N–H and O–H groups in total. The first kappa shape index (κ1) is 15.0. The highest BCUT2D eigenvalue weighted by Gasteiger charge is 2.09. The first-order valence-electron chi connectivity index (χ1n) is 5.96. The van der Waals surface area contributed by atoms with Crippen molar-refractivity contribution in [3.63, 3.8) is 0 Å². The van der Waals surface area contributed by atoms with Gasteiger partial charge in [0.15, 0.2) is 0 Å². The van der Waals surface area contributed by atoms with E-state index in [1.807, 2.05) is 0 Å². The van der Waals surface area contributed by atoms with E-state index < -0.39 is 15.8 Å². The van der Waals surface area contributed by atoms with Gasteiger partial charge in [-0.15, -0.1) is 0 Å². The van der Waals surface area contributed by atoms with Crippen LogP contribution in [0.15, 0.2) is 47.4 Å². The van der Waals surface area contributed by atoms with E-state index in [0.29, 0.717) is 11.3 Å². The molecule has 0 heterocycles. The van der Waals surface area contributed by atoms with Gasteiger partial charge >= 0.3 is 0 Å². The molecule has 2 aromatic rings. The molecule has 7 heteroatoms. The molecule has 0 saturated heterocycles. The minimum Gasteiger partial charge on any atom is -0.380 e. The summed E-state index contributed by atoms with van der Waals surface area (Å²) in [6.45, 7) is 0.238. The summed E-state index contributed by atoms with van der Waals surface area (Å²) in [7, 11) is -3.77. The van der Waals surface area contributed by atoms with Crippen molar-refractivity contribution in [3.8, 4) is 6.07 Å². The van der Waals surface area contributed by atoms with Crippen LogP contribution in [0.1, 0.15) is 11.1 Å². The van der Waals surface area contributed by atoms with Crippen LogP contribution in [-0.4, -0.2) is 8.42 Å². The van der Waals surface area contributed by atoms with E-state index in [1.165, 1.54) is 24.3 Å². The summed E-state index contributed by atoms with van der Waals surface area (Å²) in [5.41, 5.74) is 0.910. The molecule has 0 aliphatic carbocycles. The smallest absolute Gasteiger partial charge is 0.238 e. The number of benzene rings is 2. The molecule has 0 radical (unpaired) electrons. The highest BCUT2D eigenvalue weighted by atomic mass is 32.2. The van der Waals surface area contributed by atoms with Crippen LogP contribution in [0.25, 0.3) is 0 Å². The Morgan fingerprint density at radius 3 is 2.62 bits per heavy atom. The first-order chi connectivity index (χ1) is 9.91. The molecule has 108 valence electrons. The third-order valence-corrected chi connectivity index (χ3v) is 3.75. The van der Waals surface area contributed by atoms with Gasteiger partial charge in [-0.05, 0) is 29.8 Å². The number of rotatable bonds is 4. The van der Waals surface area contributed by atoms with E-state index in [4.69, 9.17) is 10.4 Å². The van der Waals surface area contributed by atoms with Crippen LogP contribution in [0.2, 0.25) is 0 Å². The molecule has 0 fully saturated rings. The van der Waals surface area contributed by atoms with E-state index in [9.17, 15) is 12.8 Å². The molecular weight excluding hydrogens is 293 g/mol. The predicted octanol–water partition coefficient (Wildman–Crippen LogP) is 1.96. The zero-order chi connectivity index (χ0) is 15.5. The zero-order valence-corrected chi connectivity index (χ0v) is 11.7. The SMILES string of the molecule is N#Cc1c(F)cccc1NCc1cccc(S(N)(=O)=O)c1. The van der Waals surface area contributed by atoms with Crippen LogP contribution in [0.4, 0.5) is 10.1 Å². The third-order valence-electron chi connectivity index (χ3n) is 2.84. The molecule has 0 spiro atoms. The summed E-state index contributed by atoms with van der Waals surface area (Å²) in [6.07, 6.45) is 0. The fourth-order valence-electron chi connectivity index (χ4n) is 1.81. The van der Waals surface area contributed by atoms with Crippen molar-refractivity contribution in [1.29, 1.82) is 5.26 Å². The van der Waals surface area contributed by atoms with E-state index >= 15 is 0 Å². The van der Waals surface area contributed by atoms with Crippen LogP contribution < -0.4 is 10.5 Å². The molecule has 0 atom stereocenters. The quantitative estimate of drug-likeness (QED) is 0.902. The molecule has 5 nitrogen and oxygen atoms in total. The van der Waals surface area contributed by atoms with E-state index in [0.717, 1.165) is 0 Å². The lowest BCUT2D eigenvalue weighted by Crippen LogP contribution is -2.12. The normalized spacial score (nSPS) is 10.9. The lowest BCUT2D eigenvalue weighted by molar-refractivity contribution is 0.597. The standard InChI is InChI=1S/C14H12FN3O2S/c15-13-5-2-6-14(12(13)8-16)18-9-10-3-1-4-11(7-10)21(17,19)20/h1-7,18H,9H2,(H2,17,19,20). The summed E-state index contributed by atoms with van der Waals surface area (Å²) >= 11 is 0. The number of nitrogens with one attached hydrogen (secondary N) is 1. The van der Waals surface area contributed by atoms with Gasteiger partial charge in [0.25, 0.3) is 0 Å². The monoisotopic (exact) mass is 305 g/mol. The van der Waals surface area contributed by atoms with E-state index in [1.54, 1.807) is 24.3 Å². The average Bonchev–Trinajstić information content (AvgIpc) is 2.44. The lowest BCUT2D eigenvalue weighted by Gasteiger charge is -2.09. The lowest BCUT2D eigenvalue weighted by atomic mass is 10.1. The van der Waals surface area contributed by atoms with Crippen LogP contribution in [0, 0.1) is 17.1 Å². The molecule has 2 rings (SSSR count). The maximum Gasteiger partial charge on any atom is 0.238 e. The second-order valence-electron chi connectivity index (χ2n) is 4.32. The number of anilines is 1. The number of primary sulfonamides is 1. The topological polar surface area (TPSA) is 96.0 Å². The number of hydrogen-bond acceptors (Lipinski definition) is 4. The third kappa shape index (κ3) is 3.56. The van der Waals surface area contributed by atoms with Crippen molar-refractivity contribution in [2.75, 3.05) is 5.32 Å². The van der Waals surface area contributed by atoms with Crippen molar-refractivity contribution >= 4 is 15.7 Å². The van der Waals surface area contributed by atoms with Gasteiger partial charge in [-0.2, -0.15) is 5.26 Å². The molecule has 0 aromatic heterocycles. The van der Waals surface area contributed by atoms with Crippen molar-refractivity contribution in [3.05, 3.63) is 59.4 Å². The maximum atomic E-state index is 13.4. The Bertz CT molecular complexity index is 813. The Morgan fingerprint density at radius 2 is 1.95 bits per heavy atom. The molecule has 0 aliphatic heterocycles. The van der Waals surface area contributed by atoms with Crippen LogP contribution in [0.3, 0.4) is 0 Å². The molecule has 0 amide bonds. The summed E-state index contributed by atoms with van der Waals surface area (Å²) in [6, 6.07) is 12.1. The number of hydrogen-bond donors (Lipinski definition) is 2. The van der Waals surface area contributed by atoms with Gasteiger partial charge in [-0.25, -0.2) is 17.9 Å². The largest absolute Gasteiger partial charge is 0.380 e. The fourth-order valence-corrected chi connectivity index (χ4v) is 2.40. The minimum atomic E-state index is -3.77. The first-order valence-corrected chi connectivity index (χ1v) is 7.50. The molecule has 2 aromatic carbocycles. The summed E-state index contributed by atoms with van der Waals surface area (Å²) < 4.78 is 36.0. The number of nitrogens with zero attached hydrogens (tertiary/aromatic N) is 1. The Hall–Kier alpha value is -2.43. The minimum absolute atomic E-state index is 0.00143. The summed E-state index contributed by atoms with van der Waals surface area (Å²) in [5, 5.41) is 16.9. The summed E-state index contributed by atoms with van der Waals surface area (Å²) in [5.74, 6) is -0.610. The van der Waals surface area contributed by atoms with Crippen molar-refractivity contribution in [1.82, 2.24) is 0 Å². The molecule has 0 saturated carbocycles. The Balaban J connectivity index is 2.22. The number of sulfonamides is 1. The second kappa shape index (κ2) is 5.91. The second-order valence-corrected chi connectivity index (χ2v) is 5.88. The van der Waals surface area contributed by atoms with Gasteiger partial charge < -0.3 is 5.32 Å². The molecule has 0 bridgehead atoms. The Labute approximate surface area is 121 Å². The zero-order valence-electron chi connectivity index (χ0n) is 10.9. The van der Waals surface area contributed by atoms with Crippen molar-refractivity contribution in [2.24, 2.45) is 5.14 Å². The van der Waals surface area contributed by atoms with Crippen molar-refractivity contribution in [2.45, 2.75) is 11.4 Å². The molecular formula is C14H12FN3O2S. The highest BCUT2D eigenvalue weighted by molar-refractivity contribution is 7.89. The van der Waals surface area contributed by atoms with E-state index in [-0.39, 0.29) is 17.0 Å². The molecule has 21 heavy (non-hydrogen) atoms. The van der Waals surface area contributed by atoms with Gasteiger partial charge in [0.1, 0.15) is 17.4 Å². The predicted molar refractivity (Wildman–Crippen MR) is 76.3 cm³/mol. The number of nitriles is 1. The fraction of sp³-hybridized carbons (Fsp3) is 0.0714. The van der Waals surface area contributed by atoms with Gasteiger partial charge in [-0.3, -0.25) is 0 Å². The highest BCUT2D eigenvalue weighted by Crippen LogP contribution is 2.19. The van der Waals surface area contributed by atoms with Gasteiger partial charge in [0, 0.05) is 6.54 Å². The van der Waals surface area contributed by atoms with Crippen molar-refractivity contribution < 1.29 is 12.8 Å². The van der Waals surface area contributed by atoms with Gasteiger partial charge in [0.2, 0.25) is 10.0 Å². The maximum absolute atomic E-state index is 13.4. The summed E-state index contributed by atoms with van der Waals surface area (Å²) in [4.78, 5) is 0.00143. The molecule has 0 aliphatic rings. The van der Waals surface area contributed by atoms with Gasteiger partial charge in [-0.1, -0.05) is 18.2 Å².